The normalized spacial score (nSPS) is 16.7. The lowest BCUT2D eigenvalue weighted by Gasteiger charge is -2.21. The third-order valence-corrected chi connectivity index (χ3v) is 6.47. The predicted octanol–water partition coefficient (Wildman–Crippen LogP) is 3.47. The number of aliphatic carboxylic acids is 1. The summed E-state index contributed by atoms with van der Waals surface area (Å²) in [6.45, 7) is 0.530. The minimum Gasteiger partial charge on any atom is -0.480 e. The third-order valence-electron chi connectivity index (χ3n) is 6.47. The SMILES string of the molecule is Cn1nc(NC(=O)OCC2c3ccccc3-c3ccccc32)cc1C(=O)N1CCCC1C(=O)O. The molecule has 1 fully saturated rings. The molecule has 2 aliphatic rings. The number of carboxylic acid groups (broad SMARTS) is 1. The van der Waals surface area contributed by atoms with Gasteiger partial charge in [0.25, 0.3) is 5.91 Å². The van der Waals surface area contributed by atoms with Crippen molar-refractivity contribution in [1.29, 1.82) is 0 Å². The molecule has 2 amide bonds. The number of rotatable bonds is 5. The topological polar surface area (TPSA) is 114 Å². The first-order valence-corrected chi connectivity index (χ1v) is 11.1. The van der Waals surface area contributed by atoms with E-state index in [4.69, 9.17) is 4.74 Å². The van der Waals surface area contributed by atoms with Crippen molar-refractivity contribution in [2.75, 3.05) is 18.5 Å². The zero-order valence-electron chi connectivity index (χ0n) is 18.6. The summed E-state index contributed by atoms with van der Waals surface area (Å²) >= 11 is 0. The number of ether oxygens (including phenoxy) is 1. The van der Waals surface area contributed by atoms with Crippen LogP contribution in [0.25, 0.3) is 11.1 Å². The Hall–Kier alpha value is -4.14. The summed E-state index contributed by atoms with van der Waals surface area (Å²) in [6, 6.07) is 16.7. The van der Waals surface area contributed by atoms with Gasteiger partial charge in [0.1, 0.15) is 18.3 Å². The number of hydrogen-bond acceptors (Lipinski definition) is 5. The van der Waals surface area contributed by atoms with Gasteiger partial charge in [-0.15, -0.1) is 0 Å². The van der Waals surface area contributed by atoms with Crippen molar-refractivity contribution in [1.82, 2.24) is 14.7 Å². The van der Waals surface area contributed by atoms with Gasteiger partial charge in [0.05, 0.1) is 0 Å². The molecule has 2 heterocycles. The first-order valence-electron chi connectivity index (χ1n) is 11.1. The highest BCUT2D eigenvalue weighted by Gasteiger charge is 2.36. The van der Waals surface area contributed by atoms with Gasteiger partial charge in [0.2, 0.25) is 0 Å². The van der Waals surface area contributed by atoms with Crippen molar-refractivity contribution >= 4 is 23.8 Å². The smallest absolute Gasteiger partial charge is 0.412 e. The molecule has 5 rings (SSSR count). The van der Waals surface area contributed by atoms with Gasteiger partial charge >= 0.3 is 12.1 Å². The van der Waals surface area contributed by atoms with Crippen LogP contribution < -0.4 is 5.32 Å². The Morgan fingerprint density at radius 2 is 1.74 bits per heavy atom. The molecule has 34 heavy (non-hydrogen) atoms. The second kappa shape index (κ2) is 8.66. The van der Waals surface area contributed by atoms with Crippen LogP contribution in [-0.4, -0.2) is 57.0 Å². The first kappa shape index (κ1) is 21.7. The summed E-state index contributed by atoms with van der Waals surface area (Å²) in [5, 5.41) is 16.1. The average Bonchev–Trinajstić information content (AvgIpc) is 3.53. The lowest BCUT2D eigenvalue weighted by molar-refractivity contribution is -0.141. The molecule has 0 bridgehead atoms. The highest BCUT2D eigenvalue weighted by atomic mass is 16.5. The van der Waals surface area contributed by atoms with E-state index in [2.05, 4.69) is 22.5 Å². The van der Waals surface area contributed by atoms with Gasteiger partial charge < -0.3 is 14.7 Å². The number of benzene rings is 2. The predicted molar refractivity (Wildman–Crippen MR) is 124 cm³/mol. The van der Waals surface area contributed by atoms with Crippen LogP contribution in [0.5, 0.6) is 0 Å². The summed E-state index contributed by atoms with van der Waals surface area (Å²) in [5.41, 5.74) is 4.70. The van der Waals surface area contributed by atoms with E-state index in [9.17, 15) is 19.5 Å². The molecule has 2 N–H and O–H groups in total. The molecule has 1 aliphatic heterocycles. The van der Waals surface area contributed by atoms with Gasteiger partial charge in [-0.05, 0) is 35.1 Å². The Morgan fingerprint density at radius 1 is 1.09 bits per heavy atom. The maximum Gasteiger partial charge on any atom is 0.412 e. The lowest BCUT2D eigenvalue weighted by Crippen LogP contribution is -2.41. The molecular weight excluding hydrogens is 436 g/mol. The molecule has 1 saturated heterocycles. The Balaban J connectivity index is 1.26. The summed E-state index contributed by atoms with van der Waals surface area (Å²) in [7, 11) is 1.57. The van der Waals surface area contributed by atoms with Crippen molar-refractivity contribution in [3.8, 4) is 11.1 Å². The van der Waals surface area contributed by atoms with E-state index < -0.39 is 24.0 Å². The van der Waals surface area contributed by atoms with Gasteiger partial charge in [-0.2, -0.15) is 5.10 Å². The standard InChI is InChI=1S/C25H24N4O5/c1-28-21(23(30)29-12-6-11-20(29)24(31)32)13-22(27-28)26-25(33)34-14-19-17-9-4-2-7-15(17)16-8-3-5-10-18(16)19/h2-5,7-10,13,19-20H,6,11-12,14H2,1H3,(H,31,32)(H,26,27,33). The molecule has 9 heteroatoms. The molecule has 1 unspecified atom stereocenters. The number of carbonyl (C=O) groups is 3. The molecule has 1 aromatic heterocycles. The molecule has 0 spiro atoms. The first-order chi connectivity index (χ1) is 16.4. The van der Waals surface area contributed by atoms with Gasteiger partial charge in [0, 0.05) is 25.6 Å². The Labute approximate surface area is 195 Å². The highest BCUT2D eigenvalue weighted by Crippen LogP contribution is 2.44. The van der Waals surface area contributed by atoms with Crippen molar-refractivity contribution in [2.24, 2.45) is 7.05 Å². The fourth-order valence-electron chi connectivity index (χ4n) is 4.88. The fourth-order valence-corrected chi connectivity index (χ4v) is 4.88. The van der Waals surface area contributed by atoms with E-state index in [1.54, 1.807) is 7.05 Å². The maximum atomic E-state index is 12.9. The van der Waals surface area contributed by atoms with Gasteiger partial charge in [-0.25, -0.2) is 9.59 Å². The van der Waals surface area contributed by atoms with Gasteiger partial charge in [0.15, 0.2) is 5.82 Å². The Bertz CT molecular complexity index is 1240. The molecule has 2 aromatic carbocycles. The molecule has 9 nitrogen and oxygen atoms in total. The molecule has 174 valence electrons. The molecule has 1 atom stereocenters. The van der Waals surface area contributed by atoms with Crippen LogP contribution in [-0.2, 0) is 16.6 Å². The zero-order valence-corrected chi connectivity index (χ0v) is 18.6. The van der Waals surface area contributed by atoms with Crippen molar-refractivity contribution in [3.05, 3.63) is 71.4 Å². The van der Waals surface area contributed by atoms with Crippen LogP contribution in [0.3, 0.4) is 0 Å². The second-order valence-electron chi connectivity index (χ2n) is 8.48. The number of carboxylic acids is 1. The summed E-state index contributed by atoms with van der Waals surface area (Å²) in [5.74, 6) is -1.36. The number of fused-ring (bicyclic) bond motifs is 3. The van der Waals surface area contributed by atoms with Gasteiger partial charge in [-0.1, -0.05) is 48.5 Å². The summed E-state index contributed by atoms with van der Waals surface area (Å²) < 4.78 is 6.86. The largest absolute Gasteiger partial charge is 0.480 e. The molecular formula is C25H24N4O5. The average molecular weight is 460 g/mol. The molecule has 0 radical (unpaired) electrons. The monoisotopic (exact) mass is 460 g/mol. The van der Waals surface area contributed by atoms with Crippen LogP contribution in [0.1, 0.15) is 40.4 Å². The minimum atomic E-state index is -1.02. The number of amides is 2. The van der Waals surface area contributed by atoms with Crippen LogP contribution in [0, 0.1) is 0 Å². The lowest BCUT2D eigenvalue weighted by atomic mass is 9.98. The van der Waals surface area contributed by atoms with Crippen LogP contribution >= 0.6 is 0 Å². The number of likely N-dealkylation sites (tertiary alicyclic amines) is 1. The van der Waals surface area contributed by atoms with Crippen LogP contribution in [0.15, 0.2) is 54.6 Å². The number of aromatic nitrogens is 2. The van der Waals surface area contributed by atoms with Crippen molar-refractivity contribution < 1.29 is 24.2 Å². The maximum absolute atomic E-state index is 12.9. The molecule has 3 aromatic rings. The highest BCUT2D eigenvalue weighted by molar-refractivity contribution is 5.97. The molecule has 0 saturated carbocycles. The number of aryl methyl sites for hydroxylation is 1. The quantitative estimate of drug-likeness (QED) is 0.603. The van der Waals surface area contributed by atoms with E-state index in [1.807, 2.05) is 36.4 Å². The summed E-state index contributed by atoms with van der Waals surface area (Å²) in [6.07, 6.45) is 0.374. The third kappa shape index (κ3) is 3.79. The van der Waals surface area contributed by atoms with Crippen molar-refractivity contribution in [2.45, 2.75) is 24.8 Å². The van der Waals surface area contributed by atoms with Gasteiger partial charge in [-0.3, -0.25) is 14.8 Å². The number of nitrogens with one attached hydrogen (secondary N) is 1. The number of hydrogen-bond donors (Lipinski definition) is 2. The number of nitrogens with zero attached hydrogens (tertiary/aromatic N) is 3. The van der Waals surface area contributed by atoms with E-state index in [0.29, 0.717) is 19.4 Å². The van der Waals surface area contributed by atoms with E-state index in [0.717, 1.165) is 22.3 Å². The minimum absolute atomic E-state index is 0.0675. The number of carbonyl (C=O) groups excluding carboxylic acids is 2. The summed E-state index contributed by atoms with van der Waals surface area (Å²) in [4.78, 5) is 38.2. The Kier molecular flexibility index (Phi) is 5.53. The fraction of sp³-hybridized carbons (Fsp3) is 0.280. The van der Waals surface area contributed by atoms with E-state index in [-0.39, 0.29) is 24.0 Å². The second-order valence-corrected chi connectivity index (χ2v) is 8.48. The number of anilines is 1. The molecule has 1 aliphatic carbocycles. The van der Waals surface area contributed by atoms with Crippen molar-refractivity contribution in [3.63, 3.8) is 0 Å². The van der Waals surface area contributed by atoms with Crippen LogP contribution in [0.4, 0.5) is 10.6 Å². The Morgan fingerprint density at radius 3 is 2.38 bits per heavy atom. The van der Waals surface area contributed by atoms with E-state index in [1.165, 1.54) is 15.6 Å². The van der Waals surface area contributed by atoms with E-state index >= 15 is 0 Å². The zero-order chi connectivity index (χ0) is 23.8. The van der Waals surface area contributed by atoms with Crippen LogP contribution in [0.2, 0.25) is 0 Å².